The second-order valence-corrected chi connectivity index (χ2v) is 9.59. The van der Waals surface area contributed by atoms with Crippen LogP contribution in [0.4, 0.5) is 11.4 Å². The van der Waals surface area contributed by atoms with E-state index in [1.807, 2.05) is 0 Å². The molecule has 6 N–H and O–H groups in total. The van der Waals surface area contributed by atoms with Crippen LogP contribution >= 0.6 is 0 Å². The van der Waals surface area contributed by atoms with E-state index in [4.69, 9.17) is 5.73 Å². The third-order valence-corrected chi connectivity index (χ3v) is 6.12. The molecule has 12 nitrogen and oxygen atoms in total. The maximum atomic E-state index is 12.8. The van der Waals surface area contributed by atoms with Crippen LogP contribution in [0.1, 0.15) is 23.6 Å². The van der Waals surface area contributed by atoms with Crippen molar-refractivity contribution in [2.75, 3.05) is 18.2 Å². The van der Waals surface area contributed by atoms with Gasteiger partial charge in [0.2, 0.25) is 0 Å². The van der Waals surface area contributed by atoms with Gasteiger partial charge in [-0.3, -0.25) is 13.9 Å². The first-order valence-electron chi connectivity index (χ1n) is 8.76. The summed E-state index contributed by atoms with van der Waals surface area (Å²) in [5.41, 5.74) is 5.26. The van der Waals surface area contributed by atoms with E-state index in [9.17, 15) is 40.6 Å². The molecule has 0 unspecified atom stereocenters. The Labute approximate surface area is 246 Å². The van der Waals surface area contributed by atoms with Crippen LogP contribution in [0, 0.1) is 0 Å². The number of aromatic hydroxyl groups is 1. The van der Waals surface area contributed by atoms with Crippen molar-refractivity contribution in [1.82, 2.24) is 0 Å². The SMILES string of the molecule is COC(=O)c1cc(N)cc(C(=O)Nc2cc(S(=O)(=O)O)cc3cc(S(=O)(=O)O)cc(O)c23)c1.[H-].[H-].[Na+].[Na+]. The second kappa shape index (κ2) is 11.6. The van der Waals surface area contributed by atoms with Crippen molar-refractivity contribution in [3.8, 4) is 5.75 Å². The number of nitrogen functional groups attached to an aromatic ring is 1. The van der Waals surface area contributed by atoms with E-state index in [0.717, 1.165) is 31.4 Å². The van der Waals surface area contributed by atoms with Crippen molar-refractivity contribution in [3.63, 3.8) is 0 Å². The molecule has 0 aliphatic carbocycles. The molecule has 0 saturated carbocycles. The molecule has 0 aromatic heterocycles. The predicted molar refractivity (Wildman–Crippen MR) is 118 cm³/mol. The van der Waals surface area contributed by atoms with Gasteiger partial charge in [0.15, 0.2) is 0 Å². The monoisotopic (exact) mass is 544 g/mol. The third kappa shape index (κ3) is 7.16. The van der Waals surface area contributed by atoms with Crippen molar-refractivity contribution in [2.24, 2.45) is 0 Å². The Kier molecular flexibility index (Phi) is 10.3. The first-order chi connectivity index (χ1) is 15.2. The van der Waals surface area contributed by atoms with Gasteiger partial charge in [0.25, 0.3) is 26.1 Å². The van der Waals surface area contributed by atoms with Crippen molar-refractivity contribution in [3.05, 3.63) is 53.6 Å². The number of nitrogens with one attached hydrogen (secondary N) is 1. The van der Waals surface area contributed by atoms with E-state index >= 15 is 0 Å². The zero-order valence-electron chi connectivity index (χ0n) is 20.6. The summed E-state index contributed by atoms with van der Waals surface area (Å²) in [6, 6.07) is 6.83. The summed E-state index contributed by atoms with van der Waals surface area (Å²) in [4.78, 5) is 23.1. The van der Waals surface area contributed by atoms with Crippen LogP contribution in [0.3, 0.4) is 0 Å². The summed E-state index contributed by atoms with van der Waals surface area (Å²) in [7, 11) is -8.49. The fourth-order valence-electron chi connectivity index (χ4n) is 3.05. The van der Waals surface area contributed by atoms with Gasteiger partial charge >= 0.3 is 65.1 Å². The molecule has 0 atom stereocenters. The quantitative estimate of drug-likeness (QED) is 0.0902. The predicted octanol–water partition coefficient (Wildman–Crippen LogP) is -4.11. The zero-order chi connectivity index (χ0) is 24.7. The Morgan fingerprint density at radius 3 is 1.91 bits per heavy atom. The number of carbonyl (C=O) groups excluding carboxylic acids is 2. The van der Waals surface area contributed by atoms with E-state index in [-0.39, 0.29) is 95.2 Å². The van der Waals surface area contributed by atoms with Crippen molar-refractivity contribution in [1.29, 1.82) is 0 Å². The molecule has 178 valence electrons. The van der Waals surface area contributed by atoms with E-state index in [1.54, 1.807) is 0 Å². The molecular formula is C19H18N2Na2O10S2. The number of fused-ring (bicyclic) bond motifs is 1. The largest absolute Gasteiger partial charge is 1.00 e. The van der Waals surface area contributed by atoms with Crippen molar-refractivity contribution >= 4 is 54.3 Å². The summed E-state index contributed by atoms with van der Waals surface area (Å²) in [5.74, 6) is -2.38. The molecule has 0 saturated heterocycles. The third-order valence-electron chi connectivity index (χ3n) is 4.46. The van der Waals surface area contributed by atoms with Crippen LogP contribution in [0.5, 0.6) is 5.75 Å². The number of phenols is 1. The van der Waals surface area contributed by atoms with Gasteiger partial charge in [-0.1, -0.05) is 0 Å². The van der Waals surface area contributed by atoms with E-state index in [1.165, 1.54) is 12.1 Å². The summed E-state index contributed by atoms with van der Waals surface area (Å²) >= 11 is 0. The number of benzene rings is 3. The smallest absolute Gasteiger partial charge is 1.00 e. The second-order valence-electron chi connectivity index (χ2n) is 6.75. The van der Waals surface area contributed by atoms with E-state index < -0.39 is 47.7 Å². The van der Waals surface area contributed by atoms with Crippen LogP contribution in [0.15, 0.2) is 52.3 Å². The first kappa shape index (κ1) is 31.3. The number of hydrogen-bond acceptors (Lipinski definition) is 9. The van der Waals surface area contributed by atoms with Gasteiger partial charge in [-0.2, -0.15) is 16.8 Å². The van der Waals surface area contributed by atoms with Gasteiger partial charge in [-0.05, 0) is 41.8 Å². The molecule has 0 aliphatic heterocycles. The molecule has 0 spiro atoms. The van der Waals surface area contributed by atoms with E-state index in [0.29, 0.717) is 6.07 Å². The van der Waals surface area contributed by atoms with Crippen LogP contribution in [0.25, 0.3) is 10.8 Å². The van der Waals surface area contributed by atoms with Gasteiger partial charge in [-0.25, -0.2) is 4.79 Å². The Morgan fingerprint density at radius 1 is 0.886 bits per heavy atom. The molecule has 3 aromatic carbocycles. The van der Waals surface area contributed by atoms with Gasteiger partial charge < -0.3 is 23.7 Å². The molecule has 0 bridgehead atoms. The van der Waals surface area contributed by atoms with Gasteiger partial charge in [0, 0.05) is 22.7 Å². The van der Waals surface area contributed by atoms with Crippen LogP contribution in [-0.4, -0.2) is 50.0 Å². The Bertz CT molecular complexity index is 1550. The van der Waals surface area contributed by atoms with E-state index in [2.05, 4.69) is 10.1 Å². The molecule has 3 rings (SSSR count). The molecule has 16 heteroatoms. The Morgan fingerprint density at radius 2 is 1.40 bits per heavy atom. The number of rotatable bonds is 5. The number of esters is 1. The topological polar surface area (TPSA) is 210 Å². The average molecular weight is 544 g/mol. The standard InChI is InChI=1S/C19H16N2O10S2.2Na.2H/c1-31-19(24)11-2-10(3-12(20)4-11)18(23)21-15-7-13(32(25,26)27)5-9-6-14(33(28,29)30)8-16(22)17(9)15;;;;/h2-8,22H,20H2,1H3,(H,21,23)(H,25,26,27)(H,28,29,30);;;;/q;2*+1;2*-1. The number of carbonyl (C=O) groups is 2. The van der Waals surface area contributed by atoms with Crippen LogP contribution < -0.4 is 70.2 Å². The molecule has 0 fully saturated rings. The Hall–Kier alpha value is -1.72. The molecule has 35 heavy (non-hydrogen) atoms. The maximum absolute atomic E-state index is 12.8. The number of amides is 1. The molecule has 1 amide bonds. The summed E-state index contributed by atoms with van der Waals surface area (Å²) < 4.78 is 69.6. The number of anilines is 2. The fraction of sp³-hybridized carbons (Fsp3) is 0.0526. The minimum Gasteiger partial charge on any atom is -1.00 e. The average Bonchev–Trinajstić information content (AvgIpc) is 2.70. The fourth-order valence-corrected chi connectivity index (χ4v) is 4.13. The summed E-state index contributed by atoms with van der Waals surface area (Å²) in [6.45, 7) is 0. The molecule has 0 heterocycles. The van der Waals surface area contributed by atoms with Crippen LogP contribution in [0.2, 0.25) is 0 Å². The normalized spacial score (nSPS) is 11.2. The molecular weight excluding hydrogens is 526 g/mol. The molecule has 0 radical (unpaired) electrons. The van der Waals surface area contributed by atoms with Crippen molar-refractivity contribution < 1.29 is 107 Å². The van der Waals surface area contributed by atoms with Crippen molar-refractivity contribution in [2.45, 2.75) is 9.79 Å². The first-order valence-corrected chi connectivity index (χ1v) is 11.6. The minimum absolute atomic E-state index is 0. The number of hydrogen-bond donors (Lipinski definition) is 5. The zero-order valence-corrected chi connectivity index (χ0v) is 24.3. The maximum Gasteiger partial charge on any atom is 1.00 e. The number of ether oxygens (including phenoxy) is 1. The van der Waals surface area contributed by atoms with Gasteiger partial charge in [0.05, 0.1) is 28.2 Å². The molecule has 0 aliphatic rings. The van der Waals surface area contributed by atoms with Crippen LogP contribution in [-0.2, 0) is 25.0 Å². The minimum atomic E-state index is -4.83. The Balaban J connectivity index is 0. The van der Waals surface area contributed by atoms with Gasteiger partial charge in [0.1, 0.15) is 5.75 Å². The molecule has 3 aromatic rings. The number of methoxy groups -OCH3 is 1. The summed E-state index contributed by atoms with van der Waals surface area (Å²) in [6.07, 6.45) is 0. The summed E-state index contributed by atoms with van der Waals surface area (Å²) in [5, 5.41) is 12.2. The van der Waals surface area contributed by atoms with Gasteiger partial charge in [-0.15, -0.1) is 0 Å². The number of phenolic OH excluding ortho intramolecular Hbond substituents is 1. The number of nitrogens with two attached hydrogens (primary N) is 1.